The summed E-state index contributed by atoms with van der Waals surface area (Å²) in [6.07, 6.45) is 0. The highest BCUT2D eigenvalue weighted by Gasteiger charge is 2.41. The summed E-state index contributed by atoms with van der Waals surface area (Å²) in [7, 11) is 0. The lowest BCUT2D eigenvalue weighted by Gasteiger charge is -2.16. The van der Waals surface area contributed by atoms with Gasteiger partial charge in [0, 0.05) is 10.7 Å². The number of hydrogen-bond donors (Lipinski definition) is 1. The van der Waals surface area contributed by atoms with Crippen molar-refractivity contribution >= 4 is 40.4 Å². The predicted molar refractivity (Wildman–Crippen MR) is 122 cm³/mol. The fraction of sp³-hybridized carbons (Fsp3) is 0.120. The van der Waals surface area contributed by atoms with Crippen LogP contribution in [-0.2, 0) is 9.59 Å². The van der Waals surface area contributed by atoms with Crippen molar-refractivity contribution in [3.05, 3.63) is 99.5 Å². The molecule has 1 aliphatic heterocycles. The van der Waals surface area contributed by atoms with Gasteiger partial charge in [-0.3, -0.25) is 9.59 Å². The number of nitrogens with zero attached hydrogens (tertiary/aromatic N) is 1. The van der Waals surface area contributed by atoms with E-state index in [0.29, 0.717) is 16.3 Å². The van der Waals surface area contributed by atoms with Gasteiger partial charge in [-0.25, -0.2) is 9.29 Å². The van der Waals surface area contributed by atoms with Crippen LogP contribution in [0.2, 0.25) is 5.02 Å². The molecule has 0 fully saturated rings. The van der Waals surface area contributed by atoms with Crippen LogP contribution in [-0.4, -0.2) is 11.8 Å². The van der Waals surface area contributed by atoms with E-state index >= 15 is 0 Å². The molecule has 0 atom stereocenters. The van der Waals surface area contributed by atoms with Crippen LogP contribution in [0, 0.1) is 26.6 Å². The number of nitrogens with one attached hydrogen (secondary N) is 1. The second-order valence-electron chi connectivity index (χ2n) is 7.58. The SMILES string of the molecule is Cc1ccc(C2=C(Nc3ccc(Cl)cc3C)C(=O)N(c3cccc(F)c3)C2=O)c(C)c1. The van der Waals surface area contributed by atoms with Crippen LogP contribution < -0.4 is 10.2 Å². The number of anilines is 2. The van der Waals surface area contributed by atoms with E-state index in [4.69, 9.17) is 11.6 Å². The molecule has 6 heteroatoms. The third-order valence-corrected chi connectivity index (χ3v) is 5.48. The van der Waals surface area contributed by atoms with Gasteiger partial charge >= 0.3 is 0 Å². The van der Waals surface area contributed by atoms with Gasteiger partial charge in [0.05, 0.1) is 11.3 Å². The summed E-state index contributed by atoms with van der Waals surface area (Å²) < 4.78 is 13.8. The van der Waals surface area contributed by atoms with Crippen molar-refractivity contribution in [2.75, 3.05) is 10.2 Å². The highest BCUT2D eigenvalue weighted by molar-refractivity contribution is 6.46. The number of carbonyl (C=O) groups is 2. The Bertz CT molecular complexity index is 1270. The summed E-state index contributed by atoms with van der Waals surface area (Å²) in [5.74, 6) is -1.57. The van der Waals surface area contributed by atoms with Crippen LogP contribution in [0.1, 0.15) is 22.3 Å². The third kappa shape index (κ3) is 3.84. The Balaban J connectivity index is 1.88. The van der Waals surface area contributed by atoms with Crippen molar-refractivity contribution in [3.8, 4) is 0 Å². The van der Waals surface area contributed by atoms with E-state index in [1.54, 1.807) is 18.2 Å². The predicted octanol–water partition coefficient (Wildman–Crippen LogP) is 5.80. The van der Waals surface area contributed by atoms with Crippen molar-refractivity contribution in [1.29, 1.82) is 0 Å². The molecule has 1 aliphatic rings. The Morgan fingerprint density at radius 1 is 0.871 bits per heavy atom. The first-order valence-corrected chi connectivity index (χ1v) is 10.1. The molecule has 0 saturated carbocycles. The van der Waals surface area contributed by atoms with E-state index in [1.807, 2.05) is 39.0 Å². The molecular weight excluding hydrogens is 415 g/mol. The molecule has 0 aliphatic carbocycles. The summed E-state index contributed by atoms with van der Waals surface area (Å²) in [5, 5.41) is 3.71. The summed E-state index contributed by atoms with van der Waals surface area (Å²) >= 11 is 6.06. The van der Waals surface area contributed by atoms with Crippen LogP contribution in [0.15, 0.2) is 66.4 Å². The molecule has 0 spiro atoms. The van der Waals surface area contributed by atoms with Gasteiger partial charge in [-0.15, -0.1) is 0 Å². The molecule has 4 nitrogen and oxygen atoms in total. The molecule has 1 heterocycles. The first kappa shape index (κ1) is 20.8. The lowest BCUT2D eigenvalue weighted by Crippen LogP contribution is -2.32. The molecule has 3 aromatic carbocycles. The minimum absolute atomic E-state index is 0.145. The molecule has 156 valence electrons. The summed E-state index contributed by atoms with van der Waals surface area (Å²) in [4.78, 5) is 27.9. The van der Waals surface area contributed by atoms with Crippen molar-refractivity contribution < 1.29 is 14.0 Å². The highest BCUT2D eigenvalue weighted by Crippen LogP contribution is 2.36. The molecule has 31 heavy (non-hydrogen) atoms. The Labute approximate surface area is 185 Å². The number of rotatable bonds is 4. The van der Waals surface area contributed by atoms with E-state index in [-0.39, 0.29) is 17.0 Å². The third-order valence-electron chi connectivity index (χ3n) is 5.25. The van der Waals surface area contributed by atoms with Crippen molar-refractivity contribution in [2.24, 2.45) is 0 Å². The number of hydrogen-bond acceptors (Lipinski definition) is 3. The Morgan fingerprint density at radius 3 is 2.32 bits per heavy atom. The number of amides is 2. The number of imide groups is 1. The van der Waals surface area contributed by atoms with E-state index in [0.717, 1.165) is 21.6 Å². The lowest BCUT2D eigenvalue weighted by atomic mass is 9.97. The Morgan fingerprint density at radius 2 is 1.65 bits per heavy atom. The summed E-state index contributed by atoms with van der Waals surface area (Å²) in [6, 6.07) is 16.4. The van der Waals surface area contributed by atoms with Crippen molar-refractivity contribution in [2.45, 2.75) is 20.8 Å². The minimum atomic E-state index is -0.542. The average molecular weight is 435 g/mol. The zero-order chi connectivity index (χ0) is 22.3. The molecule has 2 amide bonds. The van der Waals surface area contributed by atoms with Crippen LogP contribution in [0.5, 0.6) is 0 Å². The van der Waals surface area contributed by atoms with Crippen LogP contribution in [0.25, 0.3) is 5.57 Å². The number of benzene rings is 3. The topological polar surface area (TPSA) is 49.4 Å². The Hall–Kier alpha value is -3.44. The molecule has 0 radical (unpaired) electrons. The van der Waals surface area contributed by atoms with Gasteiger partial charge in [0.1, 0.15) is 11.5 Å². The second kappa shape index (κ2) is 8.00. The van der Waals surface area contributed by atoms with Gasteiger partial charge in [-0.2, -0.15) is 0 Å². The van der Waals surface area contributed by atoms with Crippen molar-refractivity contribution in [1.82, 2.24) is 0 Å². The van der Waals surface area contributed by atoms with E-state index < -0.39 is 17.6 Å². The molecule has 4 rings (SSSR count). The normalized spacial score (nSPS) is 13.9. The standard InChI is InChI=1S/C25H20ClFN2O2/c1-14-7-9-20(15(2)11-14)22-23(28-21-10-8-17(26)12-16(21)3)25(31)29(24(22)30)19-6-4-5-18(27)13-19/h4-13,28H,1-3H3. The molecule has 0 saturated heterocycles. The van der Waals surface area contributed by atoms with Gasteiger partial charge in [0.2, 0.25) is 0 Å². The van der Waals surface area contributed by atoms with Gasteiger partial charge < -0.3 is 5.32 Å². The average Bonchev–Trinajstić information content (AvgIpc) is 2.94. The quantitative estimate of drug-likeness (QED) is 0.528. The maximum absolute atomic E-state index is 13.8. The molecule has 0 aromatic heterocycles. The molecule has 1 N–H and O–H groups in total. The summed E-state index contributed by atoms with van der Waals surface area (Å²) in [5.41, 5.74) is 4.62. The first-order chi connectivity index (χ1) is 14.8. The fourth-order valence-corrected chi connectivity index (χ4v) is 3.97. The lowest BCUT2D eigenvalue weighted by molar-refractivity contribution is -0.120. The van der Waals surface area contributed by atoms with E-state index in [1.165, 1.54) is 24.3 Å². The van der Waals surface area contributed by atoms with Crippen molar-refractivity contribution in [3.63, 3.8) is 0 Å². The molecule has 3 aromatic rings. The molecule has 0 unspecified atom stereocenters. The largest absolute Gasteiger partial charge is 0.350 e. The maximum Gasteiger partial charge on any atom is 0.282 e. The van der Waals surface area contributed by atoms with Crippen LogP contribution in [0.4, 0.5) is 15.8 Å². The number of carbonyl (C=O) groups excluding carboxylic acids is 2. The highest BCUT2D eigenvalue weighted by atomic mass is 35.5. The van der Waals surface area contributed by atoms with E-state index in [9.17, 15) is 14.0 Å². The number of aryl methyl sites for hydroxylation is 3. The second-order valence-corrected chi connectivity index (χ2v) is 8.01. The van der Waals surface area contributed by atoms with Gasteiger partial charge in [0.15, 0.2) is 0 Å². The smallest absolute Gasteiger partial charge is 0.282 e. The zero-order valence-electron chi connectivity index (χ0n) is 17.3. The van der Waals surface area contributed by atoms with Gasteiger partial charge in [-0.1, -0.05) is 41.4 Å². The first-order valence-electron chi connectivity index (χ1n) is 9.75. The zero-order valence-corrected chi connectivity index (χ0v) is 18.0. The van der Waals surface area contributed by atoms with Gasteiger partial charge in [0.25, 0.3) is 11.8 Å². The molecule has 0 bridgehead atoms. The number of halogens is 2. The van der Waals surface area contributed by atoms with Crippen LogP contribution in [0.3, 0.4) is 0 Å². The Kier molecular flexibility index (Phi) is 5.38. The summed E-state index contributed by atoms with van der Waals surface area (Å²) in [6.45, 7) is 5.71. The molecular formula is C25H20ClFN2O2. The maximum atomic E-state index is 13.8. The van der Waals surface area contributed by atoms with Gasteiger partial charge in [-0.05, 0) is 73.9 Å². The fourth-order valence-electron chi connectivity index (χ4n) is 3.74. The monoisotopic (exact) mass is 434 g/mol. The van der Waals surface area contributed by atoms with Crippen LogP contribution >= 0.6 is 11.6 Å². The van der Waals surface area contributed by atoms with E-state index in [2.05, 4.69) is 5.32 Å². The minimum Gasteiger partial charge on any atom is -0.350 e.